The molecule has 1 aliphatic rings. The lowest BCUT2D eigenvalue weighted by Gasteiger charge is -2.21. The Morgan fingerprint density at radius 3 is 2.12 bits per heavy atom. The highest BCUT2D eigenvalue weighted by atomic mass is 35.5. The molecule has 0 amide bonds. The normalized spacial score (nSPS) is 12.8. The molecule has 0 aromatic heterocycles. The summed E-state index contributed by atoms with van der Waals surface area (Å²) >= 11 is 6.51. The monoisotopic (exact) mass is 505 g/mol. The molecule has 0 atom stereocenters. The van der Waals surface area contributed by atoms with E-state index in [0.717, 1.165) is 42.5 Å². The van der Waals surface area contributed by atoms with Gasteiger partial charge in [0.1, 0.15) is 6.54 Å². The van der Waals surface area contributed by atoms with Crippen molar-refractivity contribution in [2.75, 3.05) is 20.8 Å². The molecule has 0 aliphatic carbocycles. The van der Waals surface area contributed by atoms with Crippen LogP contribution < -0.4 is 21.9 Å². The van der Waals surface area contributed by atoms with E-state index in [1.165, 1.54) is 80.2 Å². The minimum Gasteiger partial charge on any atom is -1.00 e. The van der Waals surface area contributed by atoms with Gasteiger partial charge in [-0.15, -0.1) is 0 Å². The predicted octanol–water partition coefficient (Wildman–Crippen LogP) is 4.84. The van der Waals surface area contributed by atoms with Crippen molar-refractivity contribution < 1.29 is 26.5 Å². The first kappa shape index (κ1) is 28.5. The summed E-state index contributed by atoms with van der Waals surface area (Å²) < 4.78 is 13.7. The molecule has 5 heteroatoms. The highest BCUT2D eigenvalue weighted by molar-refractivity contribution is 6.31. The Balaban J connectivity index is 0.00000408. The molecule has 0 spiro atoms. The van der Waals surface area contributed by atoms with Crippen molar-refractivity contribution in [3.05, 3.63) is 58.1 Å². The quantitative estimate of drug-likeness (QED) is 0.270. The van der Waals surface area contributed by atoms with Crippen molar-refractivity contribution in [2.24, 2.45) is 0 Å². The van der Waals surface area contributed by atoms with Gasteiger partial charge in [0, 0.05) is 24.0 Å². The van der Waals surface area contributed by atoms with Crippen LogP contribution in [0.5, 0.6) is 11.5 Å². The molecule has 34 heavy (non-hydrogen) atoms. The van der Waals surface area contributed by atoms with Crippen LogP contribution in [-0.2, 0) is 13.0 Å². The zero-order valence-corrected chi connectivity index (χ0v) is 22.7. The van der Waals surface area contributed by atoms with Gasteiger partial charge in [0.05, 0.1) is 19.2 Å². The Kier molecular flexibility index (Phi) is 12.9. The first-order chi connectivity index (χ1) is 16.2. The molecule has 0 bridgehead atoms. The maximum atomic E-state index is 6.51. The maximum Gasteiger partial charge on any atom is 0.184 e. The van der Waals surface area contributed by atoms with Crippen molar-refractivity contribution >= 4 is 17.3 Å². The lowest BCUT2D eigenvalue weighted by molar-refractivity contribution is -0.545. The van der Waals surface area contributed by atoms with Crippen LogP contribution in [0.3, 0.4) is 0 Å². The van der Waals surface area contributed by atoms with Gasteiger partial charge in [-0.1, -0.05) is 88.1 Å². The maximum absolute atomic E-state index is 6.51. The van der Waals surface area contributed by atoms with Gasteiger partial charge in [-0.05, 0) is 30.2 Å². The van der Waals surface area contributed by atoms with Crippen LogP contribution in [0.2, 0.25) is 5.02 Å². The topological polar surface area (TPSA) is 21.5 Å². The van der Waals surface area contributed by atoms with E-state index < -0.39 is 0 Å². The van der Waals surface area contributed by atoms with Gasteiger partial charge in [0.2, 0.25) is 0 Å². The number of nitrogens with zero attached hydrogens (tertiary/aromatic N) is 1. The van der Waals surface area contributed by atoms with Gasteiger partial charge in [-0.2, -0.15) is 0 Å². The highest BCUT2D eigenvalue weighted by Gasteiger charge is 2.28. The van der Waals surface area contributed by atoms with Crippen molar-refractivity contribution in [3.8, 4) is 11.5 Å². The summed E-state index contributed by atoms with van der Waals surface area (Å²) in [5.74, 6) is 1.62. The van der Waals surface area contributed by atoms with E-state index in [2.05, 4.69) is 35.8 Å². The van der Waals surface area contributed by atoms with Crippen LogP contribution in [0.15, 0.2) is 36.4 Å². The summed E-state index contributed by atoms with van der Waals surface area (Å²) in [5, 5.41) is 0.845. The lowest BCUT2D eigenvalue weighted by Crippen LogP contribution is -3.00. The van der Waals surface area contributed by atoms with Crippen molar-refractivity contribution in [2.45, 2.75) is 84.1 Å². The van der Waals surface area contributed by atoms with Crippen LogP contribution in [-0.4, -0.2) is 31.1 Å². The zero-order valence-electron chi connectivity index (χ0n) is 21.2. The fourth-order valence-corrected chi connectivity index (χ4v) is 5.06. The van der Waals surface area contributed by atoms with Gasteiger partial charge in [-0.25, -0.2) is 4.58 Å². The van der Waals surface area contributed by atoms with E-state index in [1.54, 1.807) is 14.2 Å². The van der Waals surface area contributed by atoms with Gasteiger partial charge in [0.25, 0.3) is 0 Å². The number of hydrogen-bond acceptors (Lipinski definition) is 2. The van der Waals surface area contributed by atoms with Crippen LogP contribution in [0.25, 0.3) is 0 Å². The van der Waals surface area contributed by atoms with E-state index in [9.17, 15) is 0 Å². The molecule has 2 aromatic carbocycles. The molecule has 1 heterocycles. The number of benzene rings is 2. The molecule has 0 saturated carbocycles. The van der Waals surface area contributed by atoms with E-state index in [4.69, 9.17) is 21.1 Å². The minimum absolute atomic E-state index is 0. The predicted molar refractivity (Wildman–Crippen MR) is 139 cm³/mol. The van der Waals surface area contributed by atoms with Gasteiger partial charge in [-0.3, -0.25) is 0 Å². The lowest BCUT2D eigenvalue weighted by atomic mass is 9.92. The second-order valence-electron chi connectivity index (χ2n) is 9.15. The third kappa shape index (κ3) is 7.92. The molecular weight excluding hydrogens is 465 g/mol. The standard InChI is InChI=1S/C29H41ClNO2.ClH/c1-4-5-6-7-8-9-10-11-12-17-27-25-21-29(33-3)28(32-2)20-23(25)18-19-31(27)22-24-15-13-14-16-26(24)30;/h13-16,20-21H,4-12,17-19,22H2,1-3H3;1H/q+1;/p-1. The zero-order chi connectivity index (χ0) is 23.5. The number of unbranched alkanes of at least 4 members (excludes halogenated alkanes) is 8. The molecule has 1 aliphatic heterocycles. The van der Waals surface area contributed by atoms with Crippen LogP contribution in [0, 0.1) is 0 Å². The average molecular weight is 507 g/mol. The van der Waals surface area contributed by atoms with Crippen LogP contribution >= 0.6 is 11.6 Å². The third-order valence-electron chi connectivity index (χ3n) is 6.79. The Morgan fingerprint density at radius 1 is 0.853 bits per heavy atom. The Hall–Kier alpha value is -1.71. The van der Waals surface area contributed by atoms with Crippen LogP contribution in [0.4, 0.5) is 0 Å². The second-order valence-corrected chi connectivity index (χ2v) is 9.56. The molecule has 3 rings (SSSR count). The number of hydrogen-bond donors (Lipinski definition) is 0. The van der Waals surface area contributed by atoms with Crippen molar-refractivity contribution in [1.82, 2.24) is 0 Å². The summed E-state index contributed by atoms with van der Waals surface area (Å²) in [6.45, 7) is 4.13. The number of fused-ring (bicyclic) bond motifs is 1. The molecule has 0 fully saturated rings. The fourth-order valence-electron chi connectivity index (χ4n) is 4.86. The second kappa shape index (κ2) is 15.3. The molecule has 2 aromatic rings. The number of ether oxygens (including phenoxy) is 2. The minimum atomic E-state index is 0. The summed E-state index contributed by atoms with van der Waals surface area (Å²) in [4.78, 5) is 0. The number of methoxy groups -OCH3 is 2. The first-order valence-electron chi connectivity index (χ1n) is 12.8. The number of rotatable bonds is 14. The van der Waals surface area contributed by atoms with Crippen LogP contribution in [0.1, 0.15) is 87.8 Å². The van der Waals surface area contributed by atoms with Gasteiger partial charge in [0.15, 0.2) is 23.8 Å². The molecule has 0 radical (unpaired) electrons. The Labute approximate surface area is 217 Å². The average Bonchev–Trinajstić information content (AvgIpc) is 2.84. The molecule has 0 N–H and O–H groups in total. The van der Waals surface area contributed by atoms with E-state index in [-0.39, 0.29) is 12.4 Å². The van der Waals surface area contributed by atoms with Crippen molar-refractivity contribution in [1.29, 1.82) is 0 Å². The molecule has 0 unspecified atom stereocenters. The summed E-state index contributed by atoms with van der Waals surface area (Å²) in [5.41, 5.74) is 5.27. The fraction of sp³-hybridized carbons (Fsp3) is 0.552. The summed E-state index contributed by atoms with van der Waals surface area (Å²) in [6.07, 6.45) is 14.2. The van der Waals surface area contributed by atoms with E-state index in [0.29, 0.717) is 0 Å². The SMILES string of the molecule is CCCCCCCCCCCC1=[N+](Cc2ccccc2Cl)CCc2cc(OC)c(OC)cc21.[Cl-]. The number of halogens is 2. The first-order valence-corrected chi connectivity index (χ1v) is 13.1. The van der Waals surface area contributed by atoms with Gasteiger partial charge < -0.3 is 21.9 Å². The smallest absolute Gasteiger partial charge is 0.184 e. The molecule has 3 nitrogen and oxygen atoms in total. The molecular formula is C29H41Cl2NO2. The summed E-state index contributed by atoms with van der Waals surface area (Å²) in [7, 11) is 3.43. The largest absolute Gasteiger partial charge is 1.00 e. The highest BCUT2D eigenvalue weighted by Crippen LogP contribution is 2.33. The van der Waals surface area contributed by atoms with Crippen molar-refractivity contribution in [3.63, 3.8) is 0 Å². The van der Waals surface area contributed by atoms with Gasteiger partial charge >= 0.3 is 0 Å². The summed E-state index contributed by atoms with van der Waals surface area (Å²) in [6, 6.07) is 12.5. The van der Waals surface area contributed by atoms with E-state index in [1.807, 2.05) is 12.1 Å². The Morgan fingerprint density at radius 2 is 1.47 bits per heavy atom. The third-order valence-corrected chi connectivity index (χ3v) is 7.16. The van der Waals surface area contributed by atoms with E-state index >= 15 is 0 Å². The Bertz CT molecular complexity index is 926. The molecule has 0 saturated heterocycles. The molecule has 188 valence electrons.